The van der Waals surface area contributed by atoms with Crippen molar-refractivity contribution < 1.29 is 14.1 Å². The van der Waals surface area contributed by atoms with E-state index >= 15 is 0 Å². The van der Waals surface area contributed by atoms with Crippen molar-refractivity contribution in [1.82, 2.24) is 10.1 Å². The molecule has 3 aromatic rings. The molecule has 0 spiro atoms. The zero-order valence-corrected chi connectivity index (χ0v) is 14.6. The minimum Gasteiger partial charge on any atom is -0.452 e. The van der Waals surface area contributed by atoms with Crippen molar-refractivity contribution in [2.24, 2.45) is 0 Å². The molecule has 0 bridgehead atoms. The first-order valence-electron chi connectivity index (χ1n) is 6.63. The molecule has 0 aliphatic carbocycles. The smallest absolute Gasteiger partial charge is 0.339 e. The molecule has 116 valence electrons. The van der Waals surface area contributed by atoms with E-state index in [1.165, 1.54) is 0 Å². The maximum atomic E-state index is 12.0. The van der Waals surface area contributed by atoms with E-state index in [-0.39, 0.29) is 12.5 Å². The van der Waals surface area contributed by atoms with Crippen LogP contribution in [0.4, 0.5) is 0 Å². The number of halogens is 2. The number of ether oxygens (including phenoxy) is 1. The van der Waals surface area contributed by atoms with E-state index in [2.05, 4.69) is 32.7 Å². The van der Waals surface area contributed by atoms with Gasteiger partial charge in [0.15, 0.2) is 6.61 Å². The van der Waals surface area contributed by atoms with Gasteiger partial charge < -0.3 is 9.26 Å². The molecule has 2 aromatic carbocycles. The highest BCUT2D eigenvalue weighted by Gasteiger charge is 2.14. The van der Waals surface area contributed by atoms with Crippen molar-refractivity contribution in [2.75, 3.05) is 0 Å². The Morgan fingerprint density at radius 3 is 2.65 bits per heavy atom. The summed E-state index contributed by atoms with van der Waals surface area (Å²) in [5.74, 6) is 0.220. The summed E-state index contributed by atoms with van der Waals surface area (Å²) in [4.78, 5) is 16.2. The van der Waals surface area contributed by atoms with Gasteiger partial charge in [0.05, 0.1) is 5.56 Å². The van der Waals surface area contributed by atoms with Crippen LogP contribution in [0.5, 0.6) is 0 Å². The van der Waals surface area contributed by atoms with E-state index in [0.29, 0.717) is 16.4 Å². The average molecular weight is 441 g/mol. The van der Waals surface area contributed by atoms with Crippen LogP contribution in [0.3, 0.4) is 0 Å². The van der Waals surface area contributed by atoms with Crippen molar-refractivity contribution in [3.63, 3.8) is 0 Å². The molecule has 0 saturated carbocycles. The lowest BCUT2D eigenvalue weighted by Crippen LogP contribution is -2.07. The van der Waals surface area contributed by atoms with E-state index in [0.717, 1.165) is 9.13 Å². The molecule has 0 unspecified atom stereocenters. The number of nitrogens with zero attached hydrogens (tertiary/aromatic N) is 2. The third-order valence-corrected chi connectivity index (χ3v) is 4.18. The number of esters is 1. The van der Waals surface area contributed by atoms with Crippen LogP contribution in [-0.2, 0) is 11.3 Å². The van der Waals surface area contributed by atoms with Gasteiger partial charge in [-0.3, -0.25) is 0 Å². The number of benzene rings is 2. The van der Waals surface area contributed by atoms with Gasteiger partial charge in [-0.1, -0.05) is 28.9 Å². The van der Waals surface area contributed by atoms with Crippen molar-refractivity contribution in [3.8, 4) is 11.4 Å². The summed E-state index contributed by atoms with van der Waals surface area (Å²) in [5.41, 5.74) is 1.28. The van der Waals surface area contributed by atoms with Gasteiger partial charge in [0, 0.05) is 14.2 Å². The predicted octanol–water partition coefficient (Wildman–Crippen LogP) is 4.35. The highest BCUT2D eigenvalue weighted by atomic mass is 127. The van der Waals surface area contributed by atoms with Crippen LogP contribution in [0.1, 0.15) is 16.2 Å². The van der Waals surface area contributed by atoms with Crippen molar-refractivity contribution in [2.45, 2.75) is 6.61 Å². The van der Waals surface area contributed by atoms with Gasteiger partial charge in [0.25, 0.3) is 5.89 Å². The fourth-order valence-corrected chi connectivity index (χ4v) is 2.60. The van der Waals surface area contributed by atoms with Crippen LogP contribution in [0, 0.1) is 3.57 Å². The monoisotopic (exact) mass is 440 g/mol. The van der Waals surface area contributed by atoms with Gasteiger partial charge in [-0.05, 0) is 59.0 Å². The summed E-state index contributed by atoms with van der Waals surface area (Å²) in [6.07, 6.45) is 0. The van der Waals surface area contributed by atoms with Gasteiger partial charge in [-0.15, -0.1) is 0 Å². The third-order valence-electron chi connectivity index (χ3n) is 2.99. The van der Waals surface area contributed by atoms with Crippen molar-refractivity contribution in [1.29, 1.82) is 0 Å². The van der Waals surface area contributed by atoms with E-state index in [1.807, 2.05) is 12.1 Å². The molecule has 0 fully saturated rings. The molecule has 23 heavy (non-hydrogen) atoms. The van der Waals surface area contributed by atoms with Crippen LogP contribution in [0.15, 0.2) is 53.1 Å². The first-order chi connectivity index (χ1) is 11.1. The molecule has 0 aliphatic rings. The molecule has 5 nitrogen and oxygen atoms in total. The highest BCUT2D eigenvalue weighted by Crippen LogP contribution is 2.19. The molecule has 3 rings (SSSR count). The Hall–Kier alpha value is -1.93. The lowest BCUT2D eigenvalue weighted by molar-refractivity contribution is 0.0428. The second kappa shape index (κ2) is 7.10. The largest absolute Gasteiger partial charge is 0.452 e. The molecular formula is C16H10ClIN2O3. The molecule has 0 radical (unpaired) electrons. The summed E-state index contributed by atoms with van der Waals surface area (Å²) in [6.45, 7) is -0.0790. The number of aromatic nitrogens is 2. The van der Waals surface area contributed by atoms with Gasteiger partial charge in [-0.25, -0.2) is 4.79 Å². The third kappa shape index (κ3) is 3.89. The lowest BCUT2D eigenvalue weighted by Gasteiger charge is -2.03. The minimum atomic E-state index is -0.429. The van der Waals surface area contributed by atoms with Gasteiger partial charge in [-0.2, -0.15) is 4.98 Å². The Bertz CT molecular complexity index is 833. The van der Waals surface area contributed by atoms with E-state index < -0.39 is 5.97 Å². The molecule has 0 N–H and O–H groups in total. The molecule has 0 atom stereocenters. The average Bonchev–Trinajstić information content (AvgIpc) is 3.03. The molecule has 0 saturated heterocycles. The van der Waals surface area contributed by atoms with Crippen LogP contribution in [0.2, 0.25) is 5.02 Å². The summed E-state index contributed by atoms with van der Waals surface area (Å²) in [7, 11) is 0. The van der Waals surface area contributed by atoms with Crippen LogP contribution < -0.4 is 0 Å². The quantitative estimate of drug-likeness (QED) is 0.446. The maximum Gasteiger partial charge on any atom is 0.339 e. The minimum absolute atomic E-state index is 0.0790. The second-order valence-corrected chi connectivity index (χ2v) is 6.17. The van der Waals surface area contributed by atoms with Crippen LogP contribution in [-0.4, -0.2) is 16.1 Å². The highest BCUT2D eigenvalue weighted by molar-refractivity contribution is 14.1. The van der Waals surface area contributed by atoms with Crippen molar-refractivity contribution in [3.05, 3.63) is 68.6 Å². The van der Waals surface area contributed by atoms with E-state index in [1.54, 1.807) is 36.4 Å². The van der Waals surface area contributed by atoms with Crippen LogP contribution in [0.25, 0.3) is 11.4 Å². The number of hydrogen-bond acceptors (Lipinski definition) is 5. The Morgan fingerprint density at radius 1 is 1.17 bits per heavy atom. The predicted molar refractivity (Wildman–Crippen MR) is 93.0 cm³/mol. The zero-order valence-electron chi connectivity index (χ0n) is 11.7. The first kappa shape index (κ1) is 15.9. The number of carbonyl (C=O) groups excluding carboxylic acids is 1. The molecule has 1 aromatic heterocycles. The van der Waals surface area contributed by atoms with E-state index in [4.69, 9.17) is 20.9 Å². The Morgan fingerprint density at radius 2 is 1.91 bits per heavy atom. The van der Waals surface area contributed by atoms with Gasteiger partial charge >= 0.3 is 5.97 Å². The van der Waals surface area contributed by atoms with Crippen LogP contribution >= 0.6 is 34.2 Å². The number of rotatable bonds is 4. The zero-order chi connectivity index (χ0) is 16.2. The summed E-state index contributed by atoms with van der Waals surface area (Å²) in [5, 5.41) is 4.49. The normalized spacial score (nSPS) is 10.5. The topological polar surface area (TPSA) is 65.2 Å². The molecule has 1 heterocycles. The summed E-state index contributed by atoms with van der Waals surface area (Å²) >= 11 is 7.92. The van der Waals surface area contributed by atoms with Gasteiger partial charge in [0.1, 0.15) is 0 Å². The molecule has 7 heteroatoms. The SMILES string of the molecule is O=C(OCc1nc(-c2ccc(Cl)cc2)no1)c1ccccc1I. The first-order valence-corrected chi connectivity index (χ1v) is 8.09. The van der Waals surface area contributed by atoms with Gasteiger partial charge in [0.2, 0.25) is 5.82 Å². The summed E-state index contributed by atoms with van der Waals surface area (Å²) < 4.78 is 11.1. The fourth-order valence-electron chi connectivity index (χ4n) is 1.86. The number of carbonyl (C=O) groups is 1. The Labute approximate surface area is 150 Å². The second-order valence-electron chi connectivity index (χ2n) is 4.57. The van der Waals surface area contributed by atoms with Crippen molar-refractivity contribution >= 4 is 40.2 Å². The van der Waals surface area contributed by atoms with E-state index in [9.17, 15) is 4.79 Å². The molecular weight excluding hydrogens is 431 g/mol. The molecule has 0 amide bonds. The maximum absolute atomic E-state index is 12.0. The molecule has 0 aliphatic heterocycles. The summed E-state index contributed by atoms with van der Waals surface area (Å²) in [6, 6.07) is 14.2. The number of hydrogen-bond donors (Lipinski definition) is 0. The Kier molecular flexibility index (Phi) is 4.92. The fraction of sp³-hybridized carbons (Fsp3) is 0.0625. The Balaban J connectivity index is 1.67. The standard InChI is InChI=1S/C16H10ClIN2O3/c17-11-7-5-10(6-8-11)15-19-14(23-20-15)9-22-16(21)12-3-1-2-4-13(12)18/h1-8H,9H2. The lowest BCUT2D eigenvalue weighted by atomic mass is 10.2.